The average Bonchev–Trinajstić information content (AvgIpc) is 3.12. The second-order valence-electron chi connectivity index (χ2n) is 10.0. The van der Waals surface area contributed by atoms with Crippen molar-refractivity contribution in [1.29, 1.82) is 0 Å². The number of carbonyl (C=O) groups excluding carboxylic acids is 2. The summed E-state index contributed by atoms with van der Waals surface area (Å²) >= 11 is 0. The Balaban J connectivity index is 1.32. The van der Waals surface area contributed by atoms with Crippen molar-refractivity contribution >= 4 is 18.0 Å². The summed E-state index contributed by atoms with van der Waals surface area (Å²) in [6, 6.07) is 16.3. The van der Waals surface area contributed by atoms with E-state index in [9.17, 15) is 14.4 Å². The van der Waals surface area contributed by atoms with Crippen LogP contribution in [0.5, 0.6) is 0 Å². The van der Waals surface area contributed by atoms with Crippen LogP contribution in [-0.2, 0) is 14.3 Å². The molecule has 2 aliphatic carbocycles. The molecule has 0 bridgehead atoms. The highest BCUT2D eigenvalue weighted by Crippen LogP contribution is 2.44. The molecule has 0 radical (unpaired) electrons. The normalized spacial score (nSPS) is 20.1. The summed E-state index contributed by atoms with van der Waals surface area (Å²) in [6.07, 6.45) is 2.38. The number of carbonyl (C=O) groups is 3. The molecule has 7 heteroatoms. The van der Waals surface area contributed by atoms with Crippen LogP contribution in [0.3, 0.4) is 0 Å². The van der Waals surface area contributed by atoms with E-state index in [-0.39, 0.29) is 36.7 Å². The molecule has 4 rings (SSSR count). The first kappa shape index (κ1) is 24.8. The average molecular weight is 479 g/mol. The van der Waals surface area contributed by atoms with Gasteiger partial charge in [0.2, 0.25) is 5.91 Å². The van der Waals surface area contributed by atoms with Gasteiger partial charge in [-0.1, -0.05) is 61.9 Å². The molecular weight excluding hydrogens is 444 g/mol. The van der Waals surface area contributed by atoms with Gasteiger partial charge in [0, 0.05) is 18.9 Å². The summed E-state index contributed by atoms with van der Waals surface area (Å²) in [4.78, 5) is 36.6. The third-order valence-electron chi connectivity index (χ3n) is 7.32. The van der Waals surface area contributed by atoms with Crippen LogP contribution in [0.4, 0.5) is 4.79 Å². The minimum absolute atomic E-state index is 0.0447. The molecule has 0 aliphatic heterocycles. The highest BCUT2D eigenvalue weighted by molar-refractivity contribution is 5.89. The van der Waals surface area contributed by atoms with Crippen LogP contribution >= 0.6 is 0 Å². The maximum Gasteiger partial charge on any atom is 0.408 e. The van der Waals surface area contributed by atoms with Crippen LogP contribution in [0, 0.1) is 11.8 Å². The van der Waals surface area contributed by atoms with Crippen molar-refractivity contribution in [2.75, 3.05) is 13.2 Å². The largest absolute Gasteiger partial charge is 0.481 e. The summed E-state index contributed by atoms with van der Waals surface area (Å²) in [7, 11) is 0. The monoisotopic (exact) mass is 478 g/mol. The summed E-state index contributed by atoms with van der Waals surface area (Å²) in [5.74, 6) is -0.592. The maximum atomic E-state index is 13.0. The number of amides is 2. The lowest BCUT2D eigenvalue weighted by molar-refractivity contribution is -0.139. The first-order valence-electron chi connectivity index (χ1n) is 12.4. The quantitative estimate of drug-likeness (QED) is 0.459. The molecule has 0 spiro atoms. The molecule has 0 heterocycles. The van der Waals surface area contributed by atoms with Crippen molar-refractivity contribution in [2.24, 2.45) is 11.8 Å². The fourth-order valence-electron chi connectivity index (χ4n) is 5.48. The third kappa shape index (κ3) is 5.50. The molecule has 2 amide bonds. The van der Waals surface area contributed by atoms with E-state index in [4.69, 9.17) is 9.84 Å². The predicted molar refractivity (Wildman–Crippen MR) is 133 cm³/mol. The number of benzene rings is 2. The van der Waals surface area contributed by atoms with Crippen LogP contribution in [0.2, 0.25) is 0 Å². The second kappa shape index (κ2) is 10.5. The highest BCUT2D eigenvalue weighted by atomic mass is 16.5. The van der Waals surface area contributed by atoms with Crippen molar-refractivity contribution in [2.45, 2.75) is 57.4 Å². The van der Waals surface area contributed by atoms with Gasteiger partial charge in [-0.05, 0) is 60.3 Å². The number of aliphatic carboxylic acids is 1. The first-order valence-corrected chi connectivity index (χ1v) is 12.4. The first-order chi connectivity index (χ1) is 16.8. The van der Waals surface area contributed by atoms with Crippen molar-refractivity contribution in [3.63, 3.8) is 0 Å². The Morgan fingerprint density at radius 2 is 1.60 bits per heavy atom. The molecule has 1 unspecified atom stereocenters. The van der Waals surface area contributed by atoms with Gasteiger partial charge in [0.15, 0.2) is 0 Å². The Bertz CT molecular complexity index is 1050. The zero-order chi connectivity index (χ0) is 25.0. The summed E-state index contributed by atoms with van der Waals surface area (Å²) in [5, 5.41) is 14.7. The number of rotatable bonds is 10. The van der Waals surface area contributed by atoms with Gasteiger partial charge in [-0.15, -0.1) is 0 Å². The molecule has 2 aliphatic rings. The highest BCUT2D eigenvalue weighted by Gasteiger charge is 2.37. The van der Waals surface area contributed by atoms with Gasteiger partial charge in [-0.25, -0.2) is 4.79 Å². The molecule has 186 valence electrons. The van der Waals surface area contributed by atoms with E-state index in [1.54, 1.807) is 6.92 Å². The van der Waals surface area contributed by atoms with Gasteiger partial charge in [-0.3, -0.25) is 9.59 Å². The van der Waals surface area contributed by atoms with Crippen LogP contribution < -0.4 is 10.6 Å². The molecule has 0 aromatic heterocycles. The van der Waals surface area contributed by atoms with Gasteiger partial charge < -0.3 is 20.5 Å². The molecule has 1 atom stereocenters. The van der Waals surface area contributed by atoms with Crippen LogP contribution in [0.25, 0.3) is 11.1 Å². The molecule has 1 fully saturated rings. The molecule has 0 saturated heterocycles. The number of carboxylic acid groups (broad SMARTS) is 1. The van der Waals surface area contributed by atoms with E-state index in [0.29, 0.717) is 13.0 Å². The number of fused-ring (bicyclic) bond motifs is 3. The zero-order valence-corrected chi connectivity index (χ0v) is 20.4. The molecule has 2 aromatic carbocycles. The topological polar surface area (TPSA) is 105 Å². The van der Waals surface area contributed by atoms with Gasteiger partial charge in [0.05, 0.1) is 0 Å². The van der Waals surface area contributed by atoms with E-state index >= 15 is 0 Å². The number of nitrogens with one attached hydrogen (secondary N) is 2. The lowest BCUT2D eigenvalue weighted by atomic mass is 9.73. The van der Waals surface area contributed by atoms with E-state index in [1.165, 1.54) is 0 Å². The Morgan fingerprint density at radius 1 is 1.00 bits per heavy atom. The number of carboxylic acids is 1. The molecule has 2 aromatic rings. The number of ether oxygens (including phenoxy) is 1. The number of hydrogen-bond acceptors (Lipinski definition) is 4. The Labute approximate surface area is 206 Å². The minimum atomic E-state index is -1.08. The Kier molecular flexibility index (Phi) is 7.43. The fourth-order valence-corrected chi connectivity index (χ4v) is 5.48. The van der Waals surface area contributed by atoms with E-state index < -0.39 is 17.6 Å². The van der Waals surface area contributed by atoms with Crippen LogP contribution in [0.1, 0.15) is 63.0 Å². The van der Waals surface area contributed by atoms with Gasteiger partial charge in [-0.2, -0.15) is 0 Å². The van der Waals surface area contributed by atoms with Crippen LogP contribution in [0.15, 0.2) is 48.5 Å². The summed E-state index contributed by atoms with van der Waals surface area (Å²) in [5.41, 5.74) is 3.51. The van der Waals surface area contributed by atoms with Crippen molar-refractivity contribution in [3.05, 3.63) is 59.7 Å². The lowest BCUT2D eigenvalue weighted by Crippen LogP contribution is -2.57. The van der Waals surface area contributed by atoms with Crippen molar-refractivity contribution in [1.82, 2.24) is 10.6 Å². The fraction of sp³-hybridized carbons (Fsp3) is 0.464. The second-order valence-corrected chi connectivity index (χ2v) is 10.0. The standard InChI is InChI=1S/C28H34N2O5/c1-3-12-28(2,26(33)29-16-19-13-18(14-19)15-25(31)32)30-27(34)35-17-24-22-10-6-4-8-20(22)21-9-5-7-11-23(21)24/h4-11,18-19,24H,3,12-17H2,1-2H3,(H,29,33)(H,30,34)(H,31,32). The number of hydrogen-bond donors (Lipinski definition) is 3. The van der Waals surface area contributed by atoms with E-state index in [0.717, 1.165) is 41.5 Å². The minimum Gasteiger partial charge on any atom is -0.481 e. The maximum absolute atomic E-state index is 13.0. The molecule has 1 saturated carbocycles. The molecule has 7 nitrogen and oxygen atoms in total. The van der Waals surface area contributed by atoms with Crippen molar-refractivity contribution in [3.8, 4) is 11.1 Å². The Hall–Kier alpha value is -3.35. The lowest BCUT2D eigenvalue weighted by Gasteiger charge is -2.36. The van der Waals surface area contributed by atoms with Gasteiger partial charge in [0.25, 0.3) is 0 Å². The van der Waals surface area contributed by atoms with Gasteiger partial charge in [0.1, 0.15) is 12.1 Å². The van der Waals surface area contributed by atoms with Gasteiger partial charge >= 0.3 is 12.1 Å². The predicted octanol–water partition coefficient (Wildman–Crippen LogP) is 4.70. The zero-order valence-electron chi connectivity index (χ0n) is 20.4. The number of alkyl carbamates (subject to hydrolysis) is 1. The van der Waals surface area contributed by atoms with E-state index in [1.807, 2.05) is 31.2 Å². The smallest absolute Gasteiger partial charge is 0.408 e. The molecule has 35 heavy (non-hydrogen) atoms. The summed E-state index contributed by atoms with van der Waals surface area (Å²) in [6.45, 7) is 4.37. The Morgan fingerprint density at radius 3 is 2.17 bits per heavy atom. The summed E-state index contributed by atoms with van der Waals surface area (Å²) < 4.78 is 5.66. The van der Waals surface area contributed by atoms with E-state index in [2.05, 4.69) is 34.9 Å². The van der Waals surface area contributed by atoms with Crippen molar-refractivity contribution < 1.29 is 24.2 Å². The molecule has 3 N–H and O–H groups in total. The SMILES string of the molecule is CCCC(C)(NC(=O)OCC1c2ccccc2-c2ccccc21)C(=O)NCC1CC(CC(=O)O)C1. The third-order valence-corrected chi connectivity index (χ3v) is 7.32. The van der Waals surface area contributed by atoms with Crippen LogP contribution in [-0.4, -0.2) is 41.8 Å². The molecular formula is C28H34N2O5.